The number of fused-ring (bicyclic) bond motifs is 1. The van der Waals surface area contributed by atoms with Gasteiger partial charge in [-0.3, -0.25) is 5.43 Å². The van der Waals surface area contributed by atoms with E-state index in [1.807, 2.05) is 48.8 Å². The van der Waals surface area contributed by atoms with Crippen molar-refractivity contribution < 1.29 is 0 Å². The van der Waals surface area contributed by atoms with Gasteiger partial charge >= 0.3 is 0 Å². The lowest BCUT2D eigenvalue weighted by Crippen LogP contribution is -1.89. The van der Waals surface area contributed by atoms with Crippen LogP contribution < -0.4 is 5.43 Å². The van der Waals surface area contributed by atoms with Crippen LogP contribution in [0.1, 0.15) is 5.56 Å². The molecule has 0 aliphatic heterocycles. The fourth-order valence-corrected chi connectivity index (χ4v) is 2.26. The minimum absolute atomic E-state index is 0.983. The van der Waals surface area contributed by atoms with Crippen molar-refractivity contribution in [3.63, 3.8) is 0 Å². The summed E-state index contributed by atoms with van der Waals surface area (Å²) in [5.74, 6) is 0. The van der Waals surface area contributed by atoms with Gasteiger partial charge in [-0.05, 0) is 52.9 Å². The smallest absolute Gasteiger partial charge is 0.0566 e. The monoisotopic (exact) mass is 361 g/mol. The molecule has 94 valence electrons. The van der Waals surface area contributed by atoms with Crippen molar-refractivity contribution in [1.82, 2.24) is 4.98 Å². The summed E-state index contributed by atoms with van der Waals surface area (Å²) in [6.45, 7) is 0. The van der Waals surface area contributed by atoms with Crippen LogP contribution in [0, 0.1) is 3.57 Å². The number of anilines is 1. The number of H-pyrrole nitrogens is 1. The Morgan fingerprint density at radius 3 is 2.68 bits per heavy atom. The molecular weight excluding hydrogens is 349 g/mol. The molecule has 0 saturated carbocycles. The highest BCUT2D eigenvalue weighted by Gasteiger charge is 1.99. The predicted molar refractivity (Wildman–Crippen MR) is 88.7 cm³/mol. The van der Waals surface area contributed by atoms with Crippen molar-refractivity contribution >= 4 is 45.4 Å². The molecule has 3 nitrogen and oxygen atoms in total. The fourth-order valence-electron chi connectivity index (χ4n) is 1.90. The Labute approximate surface area is 124 Å². The minimum atomic E-state index is 0.983. The third kappa shape index (κ3) is 2.78. The Balaban J connectivity index is 1.77. The molecule has 3 rings (SSSR count). The second-order valence-electron chi connectivity index (χ2n) is 4.17. The number of nitrogens with zero attached hydrogens (tertiary/aromatic N) is 1. The van der Waals surface area contributed by atoms with Gasteiger partial charge in [-0.25, -0.2) is 0 Å². The van der Waals surface area contributed by atoms with Crippen LogP contribution in [0.5, 0.6) is 0 Å². The van der Waals surface area contributed by atoms with Crippen molar-refractivity contribution in [2.75, 3.05) is 5.43 Å². The standard InChI is InChI=1S/C15H12IN3/c16-12-5-7-13(8-6-12)19-18-10-11-9-17-15-4-2-1-3-14(11)15/h1-10,17,19H/b18-10+. The van der Waals surface area contributed by atoms with Gasteiger partial charge in [0.1, 0.15) is 0 Å². The van der Waals surface area contributed by atoms with E-state index in [4.69, 9.17) is 0 Å². The number of aromatic amines is 1. The summed E-state index contributed by atoms with van der Waals surface area (Å²) in [6, 6.07) is 16.3. The van der Waals surface area contributed by atoms with Crippen LogP contribution in [0.2, 0.25) is 0 Å². The number of hydrogen-bond acceptors (Lipinski definition) is 2. The van der Waals surface area contributed by atoms with Crippen LogP contribution in [-0.4, -0.2) is 11.2 Å². The second-order valence-corrected chi connectivity index (χ2v) is 5.41. The highest BCUT2D eigenvalue weighted by atomic mass is 127. The maximum absolute atomic E-state index is 4.27. The maximum Gasteiger partial charge on any atom is 0.0566 e. The molecule has 0 spiro atoms. The number of para-hydroxylation sites is 1. The third-order valence-electron chi connectivity index (χ3n) is 2.86. The van der Waals surface area contributed by atoms with Crippen LogP contribution in [-0.2, 0) is 0 Å². The van der Waals surface area contributed by atoms with Gasteiger partial charge in [-0.15, -0.1) is 0 Å². The molecule has 19 heavy (non-hydrogen) atoms. The molecule has 4 heteroatoms. The summed E-state index contributed by atoms with van der Waals surface area (Å²) in [7, 11) is 0. The number of halogens is 1. The van der Waals surface area contributed by atoms with Crippen molar-refractivity contribution in [3.8, 4) is 0 Å². The first-order valence-corrected chi connectivity index (χ1v) is 7.01. The van der Waals surface area contributed by atoms with Crippen LogP contribution >= 0.6 is 22.6 Å². The fraction of sp³-hybridized carbons (Fsp3) is 0. The van der Waals surface area contributed by atoms with Gasteiger partial charge in [-0.1, -0.05) is 18.2 Å². The maximum atomic E-state index is 4.27. The number of nitrogens with one attached hydrogen (secondary N) is 2. The number of aromatic nitrogens is 1. The van der Waals surface area contributed by atoms with Gasteiger partial charge in [-0.2, -0.15) is 5.10 Å². The summed E-state index contributed by atoms with van der Waals surface area (Å²) >= 11 is 2.28. The van der Waals surface area contributed by atoms with Crippen molar-refractivity contribution in [1.29, 1.82) is 0 Å². The number of hydrazone groups is 1. The molecule has 2 aromatic carbocycles. The van der Waals surface area contributed by atoms with Gasteiger partial charge < -0.3 is 4.98 Å². The molecule has 3 aromatic rings. The van der Waals surface area contributed by atoms with Gasteiger partial charge in [0, 0.05) is 26.2 Å². The van der Waals surface area contributed by atoms with Gasteiger partial charge in [0.25, 0.3) is 0 Å². The lowest BCUT2D eigenvalue weighted by atomic mass is 10.2. The van der Waals surface area contributed by atoms with Crippen LogP contribution in [0.15, 0.2) is 59.8 Å². The number of rotatable bonds is 3. The lowest BCUT2D eigenvalue weighted by molar-refractivity contribution is 1.35. The van der Waals surface area contributed by atoms with Crippen LogP contribution in [0.4, 0.5) is 5.69 Å². The zero-order valence-corrected chi connectivity index (χ0v) is 12.3. The normalized spacial score (nSPS) is 11.2. The Morgan fingerprint density at radius 2 is 1.84 bits per heavy atom. The van der Waals surface area contributed by atoms with E-state index in [1.165, 1.54) is 8.96 Å². The zero-order valence-electron chi connectivity index (χ0n) is 10.1. The molecule has 0 amide bonds. The molecule has 0 aliphatic rings. The molecule has 0 radical (unpaired) electrons. The topological polar surface area (TPSA) is 40.2 Å². The SMILES string of the molecule is Ic1ccc(N/N=C/c2c[nH]c3ccccc23)cc1. The summed E-state index contributed by atoms with van der Waals surface area (Å²) in [5, 5.41) is 5.44. The molecule has 0 saturated heterocycles. The molecule has 0 unspecified atom stereocenters. The average Bonchev–Trinajstić information content (AvgIpc) is 2.85. The summed E-state index contributed by atoms with van der Waals surface area (Å²) in [4.78, 5) is 3.22. The lowest BCUT2D eigenvalue weighted by Gasteiger charge is -1.99. The Bertz CT molecular complexity index is 714. The van der Waals surface area contributed by atoms with E-state index in [-0.39, 0.29) is 0 Å². The van der Waals surface area contributed by atoms with Crippen molar-refractivity contribution in [2.24, 2.45) is 5.10 Å². The highest BCUT2D eigenvalue weighted by molar-refractivity contribution is 14.1. The molecule has 1 aromatic heterocycles. The summed E-state index contributed by atoms with van der Waals surface area (Å²) in [6.07, 6.45) is 3.79. The Kier molecular flexibility index (Phi) is 3.50. The predicted octanol–water partition coefficient (Wildman–Crippen LogP) is 4.22. The summed E-state index contributed by atoms with van der Waals surface area (Å²) in [5.41, 5.74) is 6.21. The molecule has 0 aliphatic carbocycles. The molecule has 1 heterocycles. The minimum Gasteiger partial charge on any atom is -0.361 e. The Hall–Kier alpha value is -1.82. The van der Waals surface area contributed by atoms with Crippen LogP contribution in [0.25, 0.3) is 10.9 Å². The quantitative estimate of drug-likeness (QED) is 0.409. The highest BCUT2D eigenvalue weighted by Crippen LogP contribution is 2.16. The Morgan fingerprint density at radius 1 is 1.05 bits per heavy atom. The van der Waals surface area contributed by atoms with Crippen molar-refractivity contribution in [3.05, 3.63) is 63.9 Å². The van der Waals surface area contributed by atoms with Gasteiger partial charge in [0.15, 0.2) is 0 Å². The van der Waals surface area contributed by atoms with Gasteiger partial charge in [0.05, 0.1) is 11.9 Å². The van der Waals surface area contributed by atoms with E-state index in [1.54, 1.807) is 0 Å². The second kappa shape index (κ2) is 5.44. The molecule has 0 fully saturated rings. The van der Waals surface area contributed by atoms with E-state index >= 15 is 0 Å². The number of hydrogen-bond donors (Lipinski definition) is 2. The van der Waals surface area contributed by atoms with E-state index in [0.717, 1.165) is 16.8 Å². The molecule has 0 bridgehead atoms. The molecule has 0 atom stereocenters. The van der Waals surface area contributed by atoms with E-state index in [9.17, 15) is 0 Å². The van der Waals surface area contributed by atoms with E-state index in [2.05, 4.69) is 50.2 Å². The first-order valence-electron chi connectivity index (χ1n) is 5.94. The van der Waals surface area contributed by atoms with Crippen LogP contribution in [0.3, 0.4) is 0 Å². The third-order valence-corrected chi connectivity index (χ3v) is 3.58. The van der Waals surface area contributed by atoms with E-state index < -0.39 is 0 Å². The molecule has 2 N–H and O–H groups in total. The first-order chi connectivity index (χ1) is 9.33. The zero-order chi connectivity index (χ0) is 13.1. The average molecular weight is 361 g/mol. The first kappa shape index (κ1) is 12.2. The van der Waals surface area contributed by atoms with Gasteiger partial charge in [0.2, 0.25) is 0 Å². The summed E-state index contributed by atoms with van der Waals surface area (Å²) < 4.78 is 1.21. The number of benzene rings is 2. The van der Waals surface area contributed by atoms with Crippen molar-refractivity contribution in [2.45, 2.75) is 0 Å². The van der Waals surface area contributed by atoms with E-state index in [0.29, 0.717) is 0 Å². The largest absolute Gasteiger partial charge is 0.361 e. The molecular formula is C15H12IN3.